The fourth-order valence-electron chi connectivity index (χ4n) is 3.18. The molecule has 0 saturated carbocycles. The van der Waals surface area contributed by atoms with Crippen LogP contribution in [0.5, 0.6) is 0 Å². The first-order valence-corrected chi connectivity index (χ1v) is 6.63. The standard InChI is InChI=1S/C14H23NO/c1-3-5-6-7-13(15-4-2)12-10-11-8-9-14(12)16-11/h11-15H,4,6-10H2,1-2H3. The van der Waals surface area contributed by atoms with E-state index in [1.165, 1.54) is 25.7 Å². The summed E-state index contributed by atoms with van der Waals surface area (Å²) in [5.41, 5.74) is 0. The minimum atomic E-state index is 0.531. The van der Waals surface area contributed by atoms with Crippen molar-refractivity contribution in [3.05, 3.63) is 0 Å². The normalized spacial score (nSPS) is 33.5. The van der Waals surface area contributed by atoms with Gasteiger partial charge in [0.2, 0.25) is 0 Å². The van der Waals surface area contributed by atoms with Crippen LogP contribution >= 0.6 is 0 Å². The molecular weight excluding hydrogens is 198 g/mol. The van der Waals surface area contributed by atoms with Gasteiger partial charge in [-0.25, -0.2) is 0 Å². The Morgan fingerprint density at radius 1 is 1.44 bits per heavy atom. The Bertz CT molecular complexity index is 278. The maximum atomic E-state index is 5.94. The predicted molar refractivity (Wildman–Crippen MR) is 66.2 cm³/mol. The monoisotopic (exact) mass is 221 g/mol. The van der Waals surface area contributed by atoms with Gasteiger partial charge in [0.05, 0.1) is 12.2 Å². The summed E-state index contributed by atoms with van der Waals surface area (Å²) in [4.78, 5) is 0. The molecule has 0 radical (unpaired) electrons. The number of ether oxygens (including phenoxy) is 1. The number of hydrogen-bond acceptors (Lipinski definition) is 2. The van der Waals surface area contributed by atoms with Gasteiger partial charge in [-0.3, -0.25) is 0 Å². The van der Waals surface area contributed by atoms with Crippen LogP contribution in [-0.2, 0) is 4.74 Å². The minimum absolute atomic E-state index is 0.531. The van der Waals surface area contributed by atoms with Crippen molar-refractivity contribution in [1.82, 2.24) is 5.32 Å². The summed E-state index contributed by atoms with van der Waals surface area (Å²) in [5, 5.41) is 3.62. The molecule has 0 amide bonds. The lowest BCUT2D eigenvalue weighted by Gasteiger charge is -2.28. The van der Waals surface area contributed by atoms with Gasteiger partial charge in [0.15, 0.2) is 0 Å². The fourth-order valence-corrected chi connectivity index (χ4v) is 3.18. The summed E-state index contributed by atoms with van der Waals surface area (Å²) in [7, 11) is 0. The second-order valence-corrected chi connectivity index (χ2v) is 4.90. The highest BCUT2D eigenvalue weighted by atomic mass is 16.5. The van der Waals surface area contributed by atoms with Gasteiger partial charge in [0.1, 0.15) is 0 Å². The highest BCUT2D eigenvalue weighted by molar-refractivity contribution is 4.99. The quantitative estimate of drug-likeness (QED) is 0.719. The molecule has 90 valence electrons. The van der Waals surface area contributed by atoms with Gasteiger partial charge in [0.25, 0.3) is 0 Å². The van der Waals surface area contributed by atoms with Crippen LogP contribution in [0.4, 0.5) is 0 Å². The van der Waals surface area contributed by atoms with Crippen LogP contribution in [0.1, 0.15) is 46.0 Å². The highest BCUT2D eigenvalue weighted by Gasteiger charge is 2.43. The zero-order valence-electron chi connectivity index (χ0n) is 10.5. The first-order valence-electron chi connectivity index (χ1n) is 6.63. The van der Waals surface area contributed by atoms with Crippen LogP contribution in [0.3, 0.4) is 0 Å². The molecule has 2 rings (SSSR count). The molecule has 2 aliphatic rings. The molecule has 2 aliphatic heterocycles. The van der Waals surface area contributed by atoms with Crippen LogP contribution in [0, 0.1) is 17.8 Å². The summed E-state index contributed by atoms with van der Waals surface area (Å²) < 4.78 is 5.94. The van der Waals surface area contributed by atoms with Gasteiger partial charge in [0, 0.05) is 18.4 Å². The Morgan fingerprint density at radius 2 is 2.31 bits per heavy atom. The zero-order valence-corrected chi connectivity index (χ0v) is 10.5. The highest BCUT2D eigenvalue weighted by Crippen LogP contribution is 2.41. The fraction of sp³-hybridized carbons (Fsp3) is 0.857. The van der Waals surface area contributed by atoms with Crippen molar-refractivity contribution in [3.63, 3.8) is 0 Å². The number of nitrogens with one attached hydrogen (secondary N) is 1. The summed E-state index contributed by atoms with van der Waals surface area (Å²) >= 11 is 0. The van der Waals surface area contributed by atoms with Gasteiger partial charge in [-0.1, -0.05) is 6.92 Å². The lowest BCUT2D eigenvalue weighted by atomic mass is 9.82. The van der Waals surface area contributed by atoms with Gasteiger partial charge in [-0.15, -0.1) is 11.8 Å². The van der Waals surface area contributed by atoms with E-state index >= 15 is 0 Å². The average Bonchev–Trinajstić information content (AvgIpc) is 2.90. The van der Waals surface area contributed by atoms with E-state index in [4.69, 9.17) is 4.74 Å². The number of fused-ring (bicyclic) bond motifs is 2. The molecule has 4 unspecified atom stereocenters. The van der Waals surface area contributed by atoms with E-state index < -0.39 is 0 Å². The SMILES string of the molecule is CC#CCCC(NCC)C1CC2CCC1O2. The van der Waals surface area contributed by atoms with Gasteiger partial charge >= 0.3 is 0 Å². The molecule has 2 fully saturated rings. The maximum absolute atomic E-state index is 5.94. The van der Waals surface area contributed by atoms with E-state index in [0.29, 0.717) is 18.2 Å². The Labute approximate surface area is 99.1 Å². The zero-order chi connectivity index (χ0) is 11.4. The first kappa shape index (κ1) is 12.0. The molecule has 0 aromatic rings. The molecule has 0 spiro atoms. The molecule has 2 bridgehead atoms. The van der Waals surface area contributed by atoms with Crippen LogP contribution in [0.25, 0.3) is 0 Å². The third-order valence-electron chi connectivity index (χ3n) is 3.89. The molecule has 0 aliphatic carbocycles. The Kier molecular flexibility index (Phi) is 4.26. The molecule has 4 atom stereocenters. The van der Waals surface area contributed by atoms with E-state index in [-0.39, 0.29) is 0 Å². The number of rotatable bonds is 5. The molecule has 2 heteroatoms. The minimum Gasteiger partial charge on any atom is -0.375 e. The van der Waals surface area contributed by atoms with Crippen molar-refractivity contribution >= 4 is 0 Å². The molecule has 2 saturated heterocycles. The Balaban J connectivity index is 1.87. The average molecular weight is 221 g/mol. The van der Waals surface area contributed by atoms with E-state index in [1.807, 2.05) is 6.92 Å². The molecule has 0 aromatic heterocycles. The van der Waals surface area contributed by atoms with Gasteiger partial charge < -0.3 is 10.1 Å². The van der Waals surface area contributed by atoms with Crippen molar-refractivity contribution in [2.45, 2.75) is 64.2 Å². The molecule has 2 nitrogen and oxygen atoms in total. The molecular formula is C14H23NO. The van der Waals surface area contributed by atoms with E-state index in [0.717, 1.165) is 18.9 Å². The Morgan fingerprint density at radius 3 is 2.88 bits per heavy atom. The van der Waals surface area contributed by atoms with Crippen molar-refractivity contribution in [3.8, 4) is 11.8 Å². The van der Waals surface area contributed by atoms with Crippen LogP contribution in [-0.4, -0.2) is 24.8 Å². The second kappa shape index (κ2) is 5.70. The van der Waals surface area contributed by atoms with Crippen molar-refractivity contribution in [2.75, 3.05) is 6.54 Å². The van der Waals surface area contributed by atoms with Crippen LogP contribution < -0.4 is 5.32 Å². The summed E-state index contributed by atoms with van der Waals surface area (Å²) in [6.07, 6.45) is 7.11. The van der Waals surface area contributed by atoms with E-state index in [1.54, 1.807) is 0 Å². The first-order chi connectivity index (χ1) is 7.85. The number of hydrogen-bond donors (Lipinski definition) is 1. The second-order valence-electron chi connectivity index (χ2n) is 4.90. The summed E-state index contributed by atoms with van der Waals surface area (Å²) in [6, 6.07) is 0.612. The van der Waals surface area contributed by atoms with Gasteiger partial charge in [-0.05, 0) is 39.2 Å². The molecule has 2 heterocycles. The molecule has 16 heavy (non-hydrogen) atoms. The lowest BCUT2D eigenvalue weighted by Crippen LogP contribution is -2.40. The van der Waals surface area contributed by atoms with Crippen molar-refractivity contribution in [2.24, 2.45) is 5.92 Å². The van der Waals surface area contributed by atoms with E-state index in [9.17, 15) is 0 Å². The smallest absolute Gasteiger partial charge is 0.0623 e. The largest absolute Gasteiger partial charge is 0.375 e. The van der Waals surface area contributed by atoms with Crippen LogP contribution in [0.2, 0.25) is 0 Å². The topological polar surface area (TPSA) is 21.3 Å². The lowest BCUT2D eigenvalue weighted by molar-refractivity contribution is 0.0852. The van der Waals surface area contributed by atoms with Crippen molar-refractivity contribution in [1.29, 1.82) is 0 Å². The van der Waals surface area contributed by atoms with Crippen molar-refractivity contribution < 1.29 is 4.74 Å². The maximum Gasteiger partial charge on any atom is 0.0623 e. The van der Waals surface area contributed by atoms with Crippen LogP contribution in [0.15, 0.2) is 0 Å². The third kappa shape index (κ3) is 2.59. The predicted octanol–water partition coefficient (Wildman–Crippen LogP) is 2.34. The molecule has 0 aromatic carbocycles. The van der Waals surface area contributed by atoms with E-state index in [2.05, 4.69) is 24.1 Å². The summed E-state index contributed by atoms with van der Waals surface area (Å²) in [6.45, 7) is 5.16. The molecule has 1 N–H and O–H groups in total. The van der Waals surface area contributed by atoms with Gasteiger partial charge in [-0.2, -0.15) is 0 Å². The third-order valence-corrected chi connectivity index (χ3v) is 3.89. The summed E-state index contributed by atoms with van der Waals surface area (Å²) in [5.74, 6) is 6.89. The Hall–Kier alpha value is -0.520.